The topological polar surface area (TPSA) is 63.7 Å². The Labute approximate surface area is 221 Å². The zero-order valence-corrected chi connectivity index (χ0v) is 22.4. The van der Waals surface area contributed by atoms with Crippen LogP contribution in [0.15, 0.2) is 89.8 Å². The van der Waals surface area contributed by atoms with Gasteiger partial charge in [-0.3, -0.25) is 13.9 Å². The summed E-state index contributed by atoms with van der Waals surface area (Å²) >= 11 is 0. The Bertz CT molecular complexity index is 1220. The number of halogens is 1. The third kappa shape index (κ3) is 7.04. The van der Waals surface area contributed by atoms with Gasteiger partial charge in [0.1, 0.15) is 6.10 Å². The summed E-state index contributed by atoms with van der Waals surface area (Å²) in [5.41, 5.74) is 2.56. The highest BCUT2D eigenvalue weighted by Gasteiger charge is 2.33. The maximum absolute atomic E-state index is 13.1. The summed E-state index contributed by atoms with van der Waals surface area (Å²) in [5.74, 6) is 0.140. The van der Waals surface area contributed by atoms with Gasteiger partial charge >= 0.3 is 0 Å². The molecule has 0 aliphatic carbocycles. The molecule has 3 unspecified atom stereocenters. The second-order valence-electron chi connectivity index (χ2n) is 9.40. The maximum Gasteiger partial charge on any atom is 0.297 e. The predicted molar refractivity (Wildman–Crippen MR) is 145 cm³/mol. The van der Waals surface area contributed by atoms with E-state index in [4.69, 9.17) is 4.18 Å². The van der Waals surface area contributed by atoms with Crippen LogP contribution in [-0.2, 0) is 14.3 Å². The molecule has 3 atom stereocenters. The standard InChI is InChI=1S/C29H33NO4S.ClH/c1-22-16-18-27(19-17-22)35(32,33)34-29(24-12-7-4-8-13-24)21-26-15-9-14-25(30(26)2)20-28(31)23-10-5-3-6-11-23;/h3-8,10-13,16-19,25-26,29H,9,14-15,20-21H2,1-2H3;1H. The zero-order valence-electron chi connectivity index (χ0n) is 20.7. The number of carbonyl (C=O) groups excluding carboxylic acids is 1. The van der Waals surface area contributed by atoms with Gasteiger partial charge in [0.2, 0.25) is 0 Å². The molecule has 0 N–H and O–H groups in total. The summed E-state index contributed by atoms with van der Waals surface area (Å²) in [6, 6.07) is 25.9. The first kappa shape index (κ1) is 28.1. The Hall–Kier alpha value is -2.51. The fourth-order valence-electron chi connectivity index (χ4n) is 4.84. The number of hydrogen-bond donors (Lipinski definition) is 0. The van der Waals surface area contributed by atoms with E-state index in [1.807, 2.05) is 74.6 Å². The molecule has 7 heteroatoms. The van der Waals surface area contributed by atoms with Gasteiger partial charge in [-0.2, -0.15) is 8.42 Å². The molecule has 36 heavy (non-hydrogen) atoms. The van der Waals surface area contributed by atoms with Gasteiger partial charge in [-0.25, -0.2) is 0 Å². The van der Waals surface area contributed by atoms with Crippen molar-refractivity contribution in [2.24, 2.45) is 0 Å². The average Bonchev–Trinajstić information content (AvgIpc) is 2.87. The summed E-state index contributed by atoms with van der Waals surface area (Å²) in [7, 11) is -1.89. The van der Waals surface area contributed by atoms with Gasteiger partial charge in [0.15, 0.2) is 5.78 Å². The van der Waals surface area contributed by atoms with Gasteiger partial charge < -0.3 is 0 Å². The van der Waals surface area contributed by atoms with E-state index in [9.17, 15) is 13.2 Å². The lowest BCUT2D eigenvalue weighted by atomic mass is 9.88. The molecule has 0 radical (unpaired) electrons. The number of hydrogen-bond acceptors (Lipinski definition) is 5. The first-order valence-corrected chi connectivity index (χ1v) is 13.6. The Balaban J connectivity index is 0.00000361. The Morgan fingerprint density at radius 3 is 2.14 bits per heavy atom. The number of aryl methyl sites for hydroxylation is 1. The first-order chi connectivity index (χ1) is 16.8. The summed E-state index contributed by atoms with van der Waals surface area (Å²) < 4.78 is 32.1. The minimum atomic E-state index is -3.93. The molecule has 3 aromatic carbocycles. The second kappa shape index (κ2) is 12.6. The van der Waals surface area contributed by atoms with E-state index < -0.39 is 16.2 Å². The number of Topliss-reactive ketones (excluding diaryl/α,β-unsaturated/α-hetero) is 1. The number of likely N-dealkylation sites (tertiary alicyclic amines) is 1. The summed E-state index contributed by atoms with van der Waals surface area (Å²) in [4.78, 5) is 15.3. The molecular weight excluding hydrogens is 494 g/mol. The van der Waals surface area contributed by atoms with Crippen molar-refractivity contribution in [2.75, 3.05) is 7.05 Å². The largest absolute Gasteiger partial charge is 0.300 e. The van der Waals surface area contributed by atoms with Crippen molar-refractivity contribution in [1.82, 2.24) is 4.90 Å². The van der Waals surface area contributed by atoms with Crippen molar-refractivity contribution >= 4 is 28.3 Å². The highest BCUT2D eigenvalue weighted by Crippen LogP contribution is 2.34. The monoisotopic (exact) mass is 527 g/mol. The molecule has 5 nitrogen and oxygen atoms in total. The molecule has 0 aromatic heterocycles. The fraction of sp³-hybridized carbons (Fsp3) is 0.345. The van der Waals surface area contributed by atoms with Gasteiger partial charge in [0, 0.05) is 24.1 Å². The van der Waals surface area contributed by atoms with Crippen molar-refractivity contribution < 1.29 is 17.4 Å². The quantitative estimate of drug-likeness (QED) is 0.238. The molecule has 1 aliphatic rings. The van der Waals surface area contributed by atoms with Crippen molar-refractivity contribution in [2.45, 2.75) is 62.1 Å². The highest BCUT2D eigenvalue weighted by atomic mass is 35.5. The average molecular weight is 528 g/mol. The molecule has 1 fully saturated rings. The Kier molecular flexibility index (Phi) is 9.85. The fourth-order valence-corrected chi connectivity index (χ4v) is 5.92. The van der Waals surface area contributed by atoms with E-state index in [-0.39, 0.29) is 35.2 Å². The van der Waals surface area contributed by atoms with Crippen LogP contribution in [0.3, 0.4) is 0 Å². The normalized spacial score (nSPS) is 19.3. The van der Waals surface area contributed by atoms with Crippen LogP contribution in [0.25, 0.3) is 0 Å². The number of piperidine rings is 1. The van der Waals surface area contributed by atoms with Crippen LogP contribution in [0.5, 0.6) is 0 Å². The van der Waals surface area contributed by atoms with Crippen LogP contribution in [-0.4, -0.2) is 38.2 Å². The molecule has 4 rings (SSSR count). The molecule has 3 aromatic rings. The molecule has 0 bridgehead atoms. The van der Waals surface area contributed by atoms with Crippen molar-refractivity contribution in [3.8, 4) is 0 Å². The van der Waals surface area contributed by atoms with E-state index >= 15 is 0 Å². The Morgan fingerprint density at radius 2 is 1.50 bits per heavy atom. The second-order valence-corrected chi connectivity index (χ2v) is 11.0. The van der Waals surface area contributed by atoms with E-state index in [1.165, 1.54) is 0 Å². The number of ketones is 1. The lowest BCUT2D eigenvalue weighted by Crippen LogP contribution is -2.45. The lowest BCUT2D eigenvalue weighted by molar-refractivity contribution is 0.0626. The minimum Gasteiger partial charge on any atom is -0.300 e. The smallest absolute Gasteiger partial charge is 0.297 e. The van der Waals surface area contributed by atoms with Crippen molar-refractivity contribution in [3.63, 3.8) is 0 Å². The number of nitrogens with zero attached hydrogens (tertiary/aromatic N) is 1. The zero-order chi connectivity index (χ0) is 24.8. The van der Waals surface area contributed by atoms with Gasteiger partial charge in [0.25, 0.3) is 10.1 Å². The predicted octanol–water partition coefficient (Wildman–Crippen LogP) is 6.38. The number of benzene rings is 3. The molecule has 1 saturated heterocycles. The first-order valence-electron chi connectivity index (χ1n) is 12.2. The van der Waals surface area contributed by atoms with Gasteiger partial charge in [-0.15, -0.1) is 12.4 Å². The van der Waals surface area contributed by atoms with Crippen molar-refractivity contribution in [1.29, 1.82) is 0 Å². The van der Waals surface area contributed by atoms with E-state index in [1.54, 1.807) is 24.3 Å². The van der Waals surface area contributed by atoms with Crippen LogP contribution in [0.4, 0.5) is 0 Å². The SMILES string of the molecule is Cc1ccc(S(=O)(=O)OC(CC2CCCC(CC(=O)c3ccccc3)N2C)c2ccccc2)cc1.Cl. The van der Waals surface area contributed by atoms with E-state index in [2.05, 4.69) is 4.90 Å². The molecular formula is C29H34ClNO4S. The molecule has 1 aliphatic heterocycles. The van der Waals surface area contributed by atoms with Crippen LogP contribution in [0.2, 0.25) is 0 Å². The third-order valence-corrected chi connectivity index (χ3v) is 8.29. The third-order valence-electron chi connectivity index (χ3n) is 6.95. The molecule has 0 amide bonds. The highest BCUT2D eigenvalue weighted by molar-refractivity contribution is 7.86. The van der Waals surface area contributed by atoms with Gasteiger partial charge in [-0.05, 0) is 50.9 Å². The molecule has 0 saturated carbocycles. The maximum atomic E-state index is 13.1. The summed E-state index contributed by atoms with van der Waals surface area (Å²) in [6.45, 7) is 1.92. The lowest BCUT2D eigenvalue weighted by Gasteiger charge is -2.40. The van der Waals surface area contributed by atoms with E-state index in [0.29, 0.717) is 12.8 Å². The van der Waals surface area contributed by atoms with Crippen LogP contribution < -0.4 is 0 Å². The van der Waals surface area contributed by atoms with Crippen LogP contribution in [0, 0.1) is 6.92 Å². The molecule has 0 spiro atoms. The van der Waals surface area contributed by atoms with Gasteiger partial charge in [0.05, 0.1) is 4.90 Å². The minimum absolute atomic E-state index is 0. The van der Waals surface area contributed by atoms with Crippen LogP contribution >= 0.6 is 12.4 Å². The van der Waals surface area contributed by atoms with E-state index in [0.717, 1.165) is 36.0 Å². The molecule has 192 valence electrons. The summed E-state index contributed by atoms with van der Waals surface area (Å²) in [6.07, 6.45) is 3.25. The Morgan fingerprint density at radius 1 is 0.917 bits per heavy atom. The summed E-state index contributed by atoms with van der Waals surface area (Å²) in [5, 5.41) is 0. The van der Waals surface area contributed by atoms with Crippen LogP contribution in [0.1, 0.15) is 59.7 Å². The number of carbonyl (C=O) groups is 1. The molecule has 1 heterocycles. The van der Waals surface area contributed by atoms with Gasteiger partial charge in [-0.1, -0.05) is 84.8 Å². The number of rotatable bonds is 9. The van der Waals surface area contributed by atoms with Crippen molar-refractivity contribution in [3.05, 3.63) is 102 Å².